The van der Waals surface area contributed by atoms with Gasteiger partial charge in [-0.15, -0.1) is 0 Å². The maximum Gasteiger partial charge on any atom is 0.249 e. The Bertz CT molecular complexity index is 734. The van der Waals surface area contributed by atoms with Crippen LogP contribution in [0.3, 0.4) is 0 Å². The third-order valence-electron chi connectivity index (χ3n) is 9.25. The number of allylic oxidation sites excluding steroid dienone is 5. The summed E-state index contributed by atoms with van der Waals surface area (Å²) >= 11 is 0. The second-order valence-corrected chi connectivity index (χ2v) is 13.9. The molecule has 3 atom stereocenters. The van der Waals surface area contributed by atoms with Crippen LogP contribution >= 0.6 is 0 Å². The number of aliphatic hydroxyl groups is 3. The van der Waals surface area contributed by atoms with Crippen molar-refractivity contribution in [3.8, 4) is 0 Å². The molecule has 1 amide bonds. The molecule has 0 radical (unpaired) electrons. The van der Waals surface area contributed by atoms with Crippen molar-refractivity contribution in [1.29, 1.82) is 0 Å². The highest BCUT2D eigenvalue weighted by molar-refractivity contribution is 5.80. The predicted molar refractivity (Wildman–Crippen MR) is 204 cm³/mol. The van der Waals surface area contributed by atoms with Gasteiger partial charge in [-0.05, 0) is 44.9 Å². The van der Waals surface area contributed by atoms with Crippen molar-refractivity contribution in [3.63, 3.8) is 0 Å². The summed E-state index contributed by atoms with van der Waals surface area (Å²) < 4.78 is 0. The largest absolute Gasteiger partial charge is 0.394 e. The molecule has 0 heterocycles. The lowest BCUT2D eigenvalue weighted by Crippen LogP contribution is -2.48. The van der Waals surface area contributed by atoms with Gasteiger partial charge in [0.15, 0.2) is 0 Å². The van der Waals surface area contributed by atoms with Crippen molar-refractivity contribution in [3.05, 3.63) is 36.5 Å². The molecule has 0 saturated carbocycles. The molecule has 5 heteroatoms. The van der Waals surface area contributed by atoms with E-state index in [0.717, 1.165) is 32.1 Å². The van der Waals surface area contributed by atoms with E-state index in [-0.39, 0.29) is 6.61 Å². The van der Waals surface area contributed by atoms with Crippen LogP contribution in [0, 0.1) is 0 Å². The summed E-state index contributed by atoms with van der Waals surface area (Å²) in [7, 11) is 0. The zero-order valence-electron chi connectivity index (χ0n) is 31.2. The molecule has 0 fully saturated rings. The number of amides is 1. The van der Waals surface area contributed by atoms with Crippen LogP contribution in [0.1, 0.15) is 200 Å². The smallest absolute Gasteiger partial charge is 0.249 e. The number of carbonyl (C=O) groups is 1. The van der Waals surface area contributed by atoms with E-state index in [1.54, 1.807) is 6.08 Å². The Morgan fingerprint density at radius 2 is 0.894 bits per heavy atom. The van der Waals surface area contributed by atoms with Crippen LogP contribution in [0.25, 0.3) is 0 Å². The first kappa shape index (κ1) is 45.6. The third kappa shape index (κ3) is 32.9. The van der Waals surface area contributed by atoms with Crippen molar-refractivity contribution >= 4 is 5.91 Å². The summed E-state index contributed by atoms with van der Waals surface area (Å²) in [6.07, 6.45) is 45.8. The van der Waals surface area contributed by atoms with Crippen LogP contribution in [0.5, 0.6) is 0 Å². The number of unbranched alkanes of at least 4 members (excludes halogenated alkanes) is 25. The summed E-state index contributed by atoms with van der Waals surface area (Å²) in [5.74, 6) is -0.508. The Balaban J connectivity index is 3.72. The molecule has 0 aromatic heterocycles. The Labute approximate surface area is 292 Å². The minimum Gasteiger partial charge on any atom is -0.394 e. The molecule has 0 aromatic carbocycles. The minimum atomic E-state index is -1.10. The van der Waals surface area contributed by atoms with E-state index in [9.17, 15) is 20.1 Å². The van der Waals surface area contributed by atoms with Gasteiger partial charge in [-0.3, -0.25) is 4.79 Å². The highest BCUT2D eigenvalue weighted by atomic mass is 16.3. The van der Waals surface area contributed by atoms with Gasteiger partial charge in [0.1, 0.15) is 6.10 Å². The molecule has 0 aromatic rings. The molecular formula is C42H79NO4. The molecule has 3 unspecified atom stereocenters. The van der Waals surface area contributed by atoms with Gasteiger partial charge in [0.25, 0.3) is 0 Å². The molecule has 276 valence electrons. The zero-order valence-corrected chi connectivity index (χ0v) is 31.2. The molecular weight excluding hydrogens is 582 g/mol. The van der Waals surface area contributed by atoms with Gasteiger partial charge < -0.3 is 20.6 Å². The molecule has 0 aliphatic carbocycles. The summed E-state index contributed by atoms with van der Waals surface area (Å²) in [6, 6.07) is -0.798. The molecule has 5 nitrogen and oxygen atoms in total. The van der Waals surface area contributed by atoms with Crippen LogP contribution in [0.2, 0.25) is 0 Å². The van der Waals surface area contributed by atoms with E-state index >= 15 is 0 Å². The summed E-state index contributed by atoms with van der Waals surface area (Å²) in [5, 5.41) is 33.1. The molecule has 4 N–H and O–H groups in total. The quantitative estimate of drug-likeness (QED) is 0.0305. The second kappa shape index (κ2) is 37.4. The number of hydrogen-bond donors (Lipinski definition) is 4. The third-order valence-corrected chi connectivity index (χ3v) is 9.25. The van der Waals surface area contributed by atoms with Gasteiger partial charge in [0.2, 0.25) is 5.91 Å². The lowest BCUT2D eigenvalue weighted by Gasteiger charge is -2.21. The topological polar surface area (TPSA) is 89.8 Å². The van der Waals surface area contributed by atoms with E-state index in [1.807, 2.05) is 6.08 Å². The standard InChI is InChI=1S/C42H79NO4/c1-3-5-7-9-11-13-15-17-19-20-21-23-25-27-29-31-33-35-37-41(46)42(47)43-39(38-44)40(45)36-34-32-30-28-26-24-22-18-16-14-12-10-8-6-4-2/h11,13,15,17,34,36,39-41,44-46H,3-10,12,14,16,18-33,35,37-38H2,1-2H3,(H,43,47)/b13-11-,17-15-,36-34+. The van der Waals surface area contributed by atoms with Crippen LogP contribution < -0.4 is 5.32 Å². The Kier molecular flexibility index (Phi) is 36.3. The van der Waals surface area contributed by atoms with Gasteiger partial charge in [0, 0.05) is 0 Å². The fraction of sp³-hybridized carbons (Fsp3) is 0.833. The van der Waals surface area contributed by atoms with Crippen LogP contribution in [-0.4, -0.2) is 46.1 Å². The second-order valence-electron chi connectivity index (χ2n) is 13.9. The van der Waals surface area contributed by atoms with E-state index in [4.69, 9.17) is 0 Å². The maximum absolute atomic E-state index is 12.4. The van der Waals surface area contributed by atoms with E-state index in [0.29, 0.717) is 6.42 Å². The van der Waals surface area contributed by atoms with Crippen molar-refractivity contribution in [2.24, 2.45) is 0 Å². The molecule has 0 rings (SSSR count). The molecule has 0 bridgehead atoms. The van der Waals surface area contributed by atoms with E-state index in [2.05, 4.69) is 43.5 Å². The molecule has 47 heavy (non-hydrogen) atoms. The summed E-state index contributed by atoms with van der Waals surface area (Å²) in [4.78, 5) is 12.4. The van der Waals surface area contributed by atoms with Crippen molar-refractivity contribution in [2.45, 2.75) is 218 Å². The summed E-state index contributed by atoms with van der Waals surface area (Å²) in [5.41, 5.74) is 0. The lowest BCUT2D eigenvalue weighted by atomic mass is 10.0. The van der Waals surface area contributed by atoms with Gasteiger partial charge in [0.05, 0.1) is 18.8 Å². The van der Waals surface area contributed by atoms with E-state index < -0.39 is 24.2 Å². The number of hydrogen-bond acceptors (Lipinski definition) is 4. The average Bonchev–Trinajstić information content (AvgIpc) is 3.07. The number of nitrogens with one attached hydrogen (secondary N) is 1. The average molecular weight is 662 g/mol. The van der Waals surface area contributed by atoms with Crippen molar-refractivity contribution in [2.75, 3.05) is 6.61 Å². The predicted octanol–water partition coefficient (Wildman–Crippen LogP) is 11.2. The number of aliphatic hydroxyl groups excluding tert-OH is 3. The number of rotatable bonds is 36. The van der Waals surface area contributed by atoms with Crippen LogP contribution in [0.4, 0.5) is 0 Å². The highest BCUT2D eigenvalue weighted by Gasteiger charge is 2.22. The Morgan fingerprint density at radius 1 is 0.532 bits per heavy atom. The SMILES string of the molecule is CCCCC/C=C\C=C/CCCCCCCCCCCC(O)C(=O)NC(CO)C(O)/C=C/CCCCCCCCCCCCCCC. The molecule has 0 saturated heterocycles. The molecule has 0 aliphatic rings. The van der Waals surface area contributed by atoms with Gasteiger partial charge in [-0.1, -0.05) is 192 Å². The first-order chi connectivity index (χ1) is 23.1. The summed E-state index contributed by atoms with van der Waals surface area (Å²) in [6.45, 7) is 4.14. The minimum absolute atomic E-state index is 0.365. The zero-order chi connectivity index (χ0) is 34.5. The van der Waals surface area contributed by atoms with Crippen molar-refractivity contribution < 1.29 is 20.1 Å². The van der Waals surface area contributed by atoms with Gasteiger partial charge >= 0.3 is 0 Å². The monoisotopic (exact) mass is 662 g/mol. The Morgan fingerprint density at radius 3 is 1.34 bits per heavy atom. The maximum atomic E-state index is 12.4. The molecule has 0 spiro atoms. The normalized spacial score (nSPS) is 14.1. The fourth-order valence-electron chi connectivity index (χ4n) is 6.00. The Hall–Kier alpha value is -1.43. The highest BCUT2D eigenvalue weighted by Crippen LogP contribution is 2.14. The number of carbonyl (C=O) groups excluding carboxylic acids is 1. The fourth-order valence-corrected chi connectivity index (χ4v) is 6.00. The van der Waals surface area contributed by atoms with E-state index in [1.165, 1.54) is 148 Å². The lowest BCUT2D eigenvalue weighted by molar-refractivity contribution is -0.131. The van der Waals surface area contributed by atoms with Gasteiger partial charge in [-0.2, -0.15) is 0 Å². The molecule has 0 aliphatic heterocycles. The van der Waals surface area contributed by atoms with Gasteiger partial charge in [-0.25, -0.2) is 0 Å². The van der Waals surface area contributed by atoms with Crippen LogP contribution in [-0.2, 0) is 4.79 Å². The van der Waals surface area contributed by atoms with Crippen LogP contribution in [0.15, 0.2) is 36.5 Å². The van der Waals surface area contributed by atoms with Crippen molar-refractivity contribution in [1.82, 2.24) is 5.32 Å². The first-order valence-electron chi connectivity index (χ1n) is 20.3. The first-order valence-corrected chi connectivity index (χ1v) is 20.3.